The third-order valence-electron chi connectivity index (χ3n) is 4.35. The molecule has 2 aromatic rings. The maximum atomic E-state index is 12.2. The molecule has 1 aliphatic rings. The van der Waals surface area contributed by atoms with Gasteiger partial charge in [-0.25, -0.2) is 0 Å². The Balaban J connectivity index is 1.38. The van der Waals surface area contributed by atoms with E-state index in [4.69, 9.17) is 5.73 Å². The molecule has 0 bridgehead atoms. The van der Waals surface area contributed by atoms with Gasteiger partial charge in [0.1, 0.15) is 0 Å². The number of hydrogen-bond donors (Lipinski definition) is 2. The van der Waals surface area contributed by atoms with Crippen molar-refractivity contribution in [3.8, 4) is 0 Å². The van der Waals surface area contributed by atoms with Crippen molar-refractivity contribution in [3.63, 3.8) is 0 Å². The van der Waals surface area contributed by atoms with E-state index >= 15 is 0 Å². The maximum absolute atomic E-state index is 12.2. The number of hydrogen-bond acceptors (Lipinski definition) is 4. The van der Waals surface area contributed by atoms with Gasteiger partial charge in [-0.1, -0.05) is 24.3 Å². The van der Waals surface area contributed by atoms with Crippen LogP contribution < -0.4 is 11.1 Å². The molecule has 2 aromatic carbocycles. The lowest BCUT2D eigenvalue weighted by atomic mass is 10.1. The molecule has 0 radical (unpaired) electrons. The van der Waals surface area contributed by atoms with Crippen LogP contribution in [-0.2, 0) is 11.2 Å². The molecule has 26 heavy (non-hydrogen) atoms. The fraction of sp³-hybridized carbons (Fsp3) is 0.250. The van der Waals surface area contributed by atoms with Crippen molar-refractivity contribution >= 4 is 23.4 Å². The highest BCUT2D eigenvalue weighted by Crippen LogP contribution is 2.22. The van der Waals surface area contributed by atoms with Crippen LogP contribution in [-0.4, -0.2) is 35.7 Å². The number of carbonyl (C=O) groups excluding carboxylic acids is 3. The van der Waals surface area contributed by atoms with Crippen molar-refractivity contribution in [1.29, 1.82) is 0 Å². The summed E-state index contributed by atoms with van der Waals surface area (Å²) in [4.78, 5) is 37.7. The molecular formula is C20H21N3O3. The smallest absolute Gasteiger partial charge is 0.261 e. The molecule has 0 aromatic heterocycles. The molecule has 0 saturated carbocycles. The van der Waals surface area contributed by atoms with E-state index in [9.17, 15) is 14.4 Å². The van der Waals surface area contributed by atoms with Crippen molar-refractivity contribution in [2.45, 2.75) is 19.3 Å². The van der Waals surface area contributed by atoms with E-state index < -0.39 is 0 Å². The van der Waals surface area contributed by atoms with Gasteiger partial charge in [0.15, 0.2) is 0 Å². The number of imide groups is 1. The molecule has 0 saturated heterocycles. The predicted octanol–water partition coefficient (Wildman–Crippen LogP) is 2.00. The molecule has 6 heteroatoms. The average Bonchev–Trinajstić information content (AvgIpc) is 2.88. The third kappa shape index (κ3) is 3.91. The van der Waals surface area contributed by atoms with Gasteiger partial charge in [-0.05, 0) is 42.7 Å². The van der Waals surface area contributed by atoms with Gasteiger partial charge in [0.25, 0.3) is 11.8 Å². The summed E-state index contributed by atoms with van der Waals surface area (Å²) in [5.41, 5.74) is 8.13. The molecule has 3 amide bonds. The molecule has 0 atom stereocenters. The Morgan fingerprint density at radius 1 is 0.923 bits per heavy atom. The van der Waals surface area contributed by atoms with Gasteiger partial charge in [0.05, 0.1) is 17.5 Å². The average molecular weight is 351 g/mol. The van der Waals surface area contributed by atoms with Crippen LogP contribution in [0.4, 0.5) is 5.69 Å². The van der Waals surface area contributed by atoms with Gasteiger partial charge in [0.2, 0.25) is 5.91 Å². The van der Waals surface area contributed by atoms with E-state index in [0.29, 0.717) is 49.2 Å². The summed E-state index contributed by atoms with van der Waals surface area (Å²) in [5.74, 6) is -0.536. The topological polar surface area (TPSA) is 92.5 Å². The van der Waals surface area contributed by atoms with Crippen LogP contribution in [0.2, 0.25) is 0 Å². The fourth-order valence-corrected chi connectivity index (χ4v) is 2.95. The van der Waals surface area contributed by atoms with Crippen LogP contribution in [0.1, 0.15) is 39.1 Å². The standard InChI is InChI=1S/C20H21N3O3/c21-15-9-7-14(8-10-15)13-18(24)22-11-3-4-12-23-19(25)16-5-1-2-6-17(16)20(23)26/h1-2,5-10H,3-4,11-13,21H2,(H,22,24). The summed E-state index contributed by atoms with van der Waals surface area (Å²) < 4.78 is 0. The summed E-state index contributed by atoms with van der Waals surface area (Å²) in [6, 6.07) is 14.1. The molecule has 0 fully saturated rings. The minimum atomic E-state index is -0.238. The SMILES string of the molecule is Nc1ccc(CC(=O)NCCCCN2C(=O)c3ccccc3C2=O)cc1. The minimum absolute atomic E-state index is 0.0597. The summed E-state index contributed by atoms with van der Waals surface area (Å²) in [6.07, 6.45) is 1.65. The summed E-state index contributed by atoms with van der Waals surface area (Å²) in [7, 11) is 0. The molecule has 6 nitrogen and oxygen atoms in total. The van der Waals surface area contributed by atoms with Crippen LogP contribution in [0.25, 0.3) is 0 Å². The lowest BCUT2D eigenvalue weighted by Crippen LogP contribution is -2.31. The number of benzene rings is 2. The zero-order chi connectivity index (χ0) is 18.5. The molecule has 1 heterocycles. The summed E-state index contributed by atoms with van der Waals surface area (Å²) >= 11 is 0. The maximum Gasteiger partial charge on any atom is 0.261 e. The molecule has 3 N–H and O–H groups in total. The van der Waals surface area contributed by atoms with E-state index in [1.54, 1.807) is 36.4 Å². The first-order chi connectivity index (χ1) is 12.6. The second-order valence-corrected chi connectivity index (χ2v) is 6.28. The Morgan fingerprint density at radius 3 is 2.15 bits per heavy atom. The van der Waals surface area contributed by atoms with Crippen LogP contribution in [0.3, 0.4) is 0 Å². The Labute approximate surface area is 152 Å². The normalized spacial score (nSPS) is 13.0. The third-order valence-corrected chi connectivity index (χ3v) is 4.35. The molecular weight excluding hydrogens is 330 g/mol. The van der Waals surface area contributed by atoms with Gasteiger partial charge in [0, 0.05) is 18.8 Å². The number of nitrogens with zero attached hydrogens (tertiary/aromatic N) is 1. The monoisotopic (exact) mass is 351 g/mol. The zero-order valence-electron chi connectivity index (χ0n) is 14.4. The molecule has 134 valence electrons. The molecule has 0 spiro atoms. The first kappa shape index (κ1) is 17.7. The summed E-state index contributed by atoms with van der Waals surface area (Å²) in [6.45, 7) is 0.872. The number of fused-ring (bicyclic) bond motifs is 1. The second-order valence-electron chi connectivity index (χ2n) is 6.28. The highest BCUT2D eigenvalue weighted by Gasteiger charge is 2.34. The number of unbranched alkanes of at least 4 members (excludes halogenated alkanes) is 1. The number of nitrogen functional groups attached to an aromatic ring is 1. The van der Waals surface area contributed by atoms with Crippen LogP contribution in [0, 0.1) is 0 Å². The lowest BCUT2D eigenvalue weighted by molar-refractivity contribution is -0.120. The van der Waals surface area contributed by atoms with Gasteiger partial charge >= 0.3 is 0 Å². The lowest BCUT2D eigenvalue weighted by Gasteiger charge is -2.13. The van der Waals surface area contributed by atoms with Gasteiger partial charge in [-0.15, -0.1) is 0 Å². The van der Waals surface area contributed by atoms with Crippen LogP contribution in [0.5, 0.6) is 0 Å². The van der Waals surface area contributed by atoms with Crippen LogP contribution in [0.15, 0.2) is 48.5 Å². The molecule has 0 unspecified atom stereocenters. The van der Waals surface area contributed by atoms with E-state index in [1.807, 2.05) is 12.1 Å². The zero-order valence-corrected chi connectivity index (χ0v) is 14.4. The molecule has 3 rings (SSSR count). The number of amides is 3. The number of nitrogens with two attached hydrogens (primary N) is 1. The Morgan fingerprint density at radius 2 is 1.54 bits per heavy atom. The largest absolute Gasteiger partial charge is 0.399 e. The Bertz CT molecular complexity index is 795. The second kappa shape index (κ2) is 7.82. The van der Waals surface area contributed by atoms with E-state index in [-0.39, 0.29) is 17.7 Å². The Kier molecular flexibility index (Phi) is 5.31. The highest BCUT2D eigenvalue weighted by atomic mass is 16.2. The van der Waals surface area contributed by atoms with E-state index in [1.165, 1.54) is 4.90 Å². The molecule has 1 aliphatic heterocycles. The predicted molar refractivity (Wildman–Crippen MR) is 98.6 cm³/mol. The van der Waals surface area contributed by atoms with Crippen LogP contribution >= 0.6 is 0 Å². The minimum Gasteiger partial charge on any atom is -0.399 e. The number of anilines is 1. The van der Waals surface area contributed by atoms with Crippen molar-refractivity contribution in [1.82, 2.24) is 10.2 Å². The van der Waals surface area contributed by atoms with Crippen molar-refractivity contribution in [2.24, 2.45) is 0 Å². The number of rotatable bonds is 7. The van der Waals surface area contributed by atoms with E-state index in [0.717, 1.165) is 5.56 Å². The van der Waals surface area contributed by atoms with Crippen molar-refractivity contribution < 1.29 is 14.4 Å². The highest BCUT2D eigenvalue weighted by molar-refractivity contribution is 6.21. The van der Waals surface area contributed by atoms with E-state index in [2.05, 4.69) is 5.32 Å². The first-order valence-electron chi connectivity index (χ1n) is 8.62. The number of carbonyl (C=O) groups is 3. The first-order valence-corrected chi connectivity index (χ1v) is 8.62. The number of nitrogens with one attached hydrogen (secondary N) is 1. The summed E-state index contributed by atoms with van der Waals surface area (Å²) in [5, 5.41) is 2.85. The van der Waals surface area contributed by atoms with Crippen molar-refractivity contribution in [3.05, 3.63) is 65.2 Å². The van der Waals surface area contributed by atoms with Crippen molar-refractivity contribution in [2.75, 3.05) is 18.8 Å². The quantitative estimate of drug-likeness (QED) is 0.453. The Hall–Kier alpha value is -3.15. The van der Waals surface area contributed by atoms with Gasteiger partial charge in [-0.3, -0.25) is 19.3 Å². The van der Waals surface area contributed by atoms with Gasteiger partial charge < -0.3 is 11.1 Å². The van der Waals surface area contributed by atoms with Gasteiger partial charge in [-0.2, -0.15) is 0 Å². The fourth-order valence-electron chi connectivity index (χ4n) is 2.95. The molecule has 0 aliphatic carbocycles.